The summed E-state index contributed by atoms with van der Waals surface area (Å²) in [7, 11) is 0. The first kappa shape index (κ1) is 14.4. The molecule has 1 aliphatic heterocycles. The molecule has 1 atom stereocenters. The lowest BCUT2D eigenvalue weighted by molar-refractivity contribution is -0.133. The maximum Gasteiger partial charge on any atom is 0.347 e. The van der Waals surface area contributed by atoms with Crippen molar-refractivity contribution in [3.05, 3.63) is 53.2 Å². The lowest BCUT2D eigenvalue weighted by Crippen LogP contribution is -2.42. The van der Waals surface area contributed by atoms with Crippen molar-refractivity contribution in [2.24, 2.45) is 0 Å². The number of hydrogen-bond acceptors (Lipinski definition) is 5. The molecule has 1 fully saturated rings. The Morgan fingerprint density at radius 3 is 2.95 bits per heavy atom. The average Bonchev–Trinajstić information content (AvgIpc) is 2.58. The van der Waals surface area contributed by atoms with E-state index in [1.807, 2.05) is 0 Å². The van der Waals surface area contributed by atoms with Gasteiger partial charge in [-0.25, -0.2) is 9.78 Å². The Hall–Kier alpha value is -2.57. The van der Waals surface area contributed by atoms with Crippen LogP contribution < -0.4 is 5.69 Å². The van der Waals surface area contributed by atoms with Gasteiger partial charge in [0, 0.05) is 50.0 Å². The van der Waals surface area contributed by atoms with Crippen molar-refractivity contribution >= 4 is 5.91 Å². The van der Waals surface area contributed by atoms with Gasteiger partial charge in [0.2, 0.25) is 5.91 Å². The topological polar surface area (TPSA) is 81.0 Å². The second-order valence-electron chi connectivity index (χ2n) is 5.34. The summed E-state index contributed by atoms with van der Waals surface area (Å²) in [6.45, 7) is 1.36. The van der Waals surface area contributed by atoms with E-state index >= 15 is 0 Å². The van der Waals surface area contributed by atoms with Gasteiger partial charge >= 0.3 is 5.69 Å². The standard InChI is InChI=1S/C15H17N5O2/c21-14(11-20-8-2-4-18-15(20)22)19-7-1-3-12(10-19)13-9-16-5-6-17-13/h2,4-6,8-9,12H,1,3,7,10-11H2/t12-/m0/s1. The Morgan fingerprint density at radius 1 is 1.27 bits per heavy atom. The van der Waals surface area contributed by atoms with Crippen LogP contribution in [0.1, 0.15) is 24.5 Å². The average molecular weight is 299 g/mol. The van der Waals surface area contributed by atoms with E-state index < -0.39 is 5.69 Å². The van der Waals surface area contributed by atoms with Crippen LogP contribution >= 0.6 is 0 Å². The summed E-state index contributed by atoms with van der Waals surface area (Å²) in [4.78, 5) is 37.9. The number of aromatic nitrogens is 4. The largest absolute Gasteiger partial charge is 0.347 e. The number of piperidine rings is 1. The van der Waals surface area contributed by atoms with Gasteiger partial charge in [-0.1, -0.05) is 0 Å². The molecular weight excluding hydrogens is 282 g/mol. The zero-order valence-corrected chi connectivity index (χ0v) is 12.1. The van der Waals surface area contributed by atoms with Crippen molar-refractivity contribution in [1.29, 1.82) is 0 Å². The molecule has 0 N–H and O–H groups in total. The first-order chi connectivity index (χ1) is 10.7. The Morgan fingerprint density at radius 2 is 2.18 bits per heavy atom. The van der Waals surface area contributed by atoms with E-state index in [2.05, 4.69) is 15.0 Å². The molecule has 22 heavy (non-hydrogen) atoms. The lowest BCUT2D eigenvalue weighted by Gasteiger charge is -2.32. The highest BCUT2D eigenvalue weighted by Crippen LogP contribution is 2.24. The van der Waals surface area contributed by atoms with Crippen LogP contribution in [0.5, 0.6) is 0 Å². The van der Waals surface area contributed by atoms with Crippen molar-refractivity contribution in [2.45, 2.75) is 25.3 Å². The monoisotopic (exact) mass is 299 g/mol. The quantitative estimate of drug-likeness (QED) is 0.821. The summed E-state index contributed by atoms with van der Waals surface area (Å²) < 4.78 is 1.33. The smallest absolute Gasteiger partial charge is 0.340 e. The van der Waals surface area contributed by atoms with E-state index in [0.29, 0.717) is 13.1 Å². The molecule has 0 bridgehead atoms. The maximum absolute atomic E-state index is 12.4. The predicted octanol–water partition coefficient (Wildman–Crippen LogP) is 0.439. The molecule has 0 spiro atoms. The first-order valence-electron chi connectivity index (χ1n) is 7.29. The number of nitrogens with zero attached hydrogens (tertiary/aromatic N) is 5. The normalized spacial score (nSPS) is 18.2. The van der Waals surface area contributed by atoms with Crippen LogP contribution in [0.3, 0.4) is 0 Å². The zero-order chi connectivity index (χ0) is 15.4. The van der Waals surface area contributed by atoms with Gasteiger partial charge in [0.15, 0.2) is 0 Å². The molecule has 2 aromatic rings. The molecule has 0 saturated carbocycles. The highest BCUT2D eigenvalue weighted by Gasteiger charge is 2.25. The van der Waals surface area contributed by atoms with Crippen LogP contribution in [0.15, 0.2) is 41.8 Å². The molecule has 3 heterocycles. The number of rotatable bonds is 3. The van der Waals surface area contributed by atoms with Gasteiger partial charge in [-0.3, -0.25) is 19.3 Å². The third-order valence-electron chi connectivity index (χ3n) is 3.86. The van der Waals surface area contributed by atoms with Gasteiger partial charge in [-0.2, -0.15) is 0 Å². The van der Waals surface area contributed by atoms with Crippen molar-refractivity contribution in [3.8, 4) is 0 Å². The van der Waals surface area contributed by atoms with Crippen LogP contribution in [-0.4, -0.2) is 43.4 Å². The van der Waals surface area contributed by atoms with E-state index in [-0.39, 0.29) is 18.4 Å². The van der Waals surface area contributed by atoms with Crippen molar-refractivity contribution in [3.63, 3.8) is 0 Å². The molecule has 1 aliphatic rings. The van der Waals surface area contributed by atoms with Gasteiger partial charge in [0.25, 0.3) is 0 Å². The number of carbonyl (C=O) groups is 1. The highest BCUT2D eigenvalue weighted by atomic mass is 16.2. The molecule has 7 nitrogen and oxygen atoms in total. The Kier molecular flexibility index (Phi) is 4.22. The van der Waals surface area contributed by atoms with Crippen LogP contribution in [0.2, 0.25) is 0 Å². The number of carbonyl (C=O) groups excluding carboxylic acids is 1. The van der Waals surface area contributed by atoms with Gasteiger partial charge in [-0.15, -0.1) is 0 Å². The van der Waals surface area contributed by atoms with Crippen LogP contribution in [-0.2, 0) is 11.3 Å². The molecule has 0 aromatic carbocycles. The highest BCUT2D eigenvalue weighted by molar-refractivity contribution is 5.76. The van der Waals surface area contributed by atoms with E-state index in [4.69, 9.17) is 0 Å². The third-order valence-corrected chi connectivity index (χ3v) is 3.86. The van der Waals surface area contributed by atoms with Crippen molar-refractivity contribution < 1.29 is 4.79 Å². The second kappa shape index (κ2) is 6.46. The summed E-state index contributed by atoms with van der Waals surface area (Å²) in [5.74, 6) is 0.140. The van der Waals surface area contributed by atoms with Gasteiger partial charge in [-0.05, 0) is 18.9 Å². The molecule has 0 aliphatic carbocycles. The molecule has 0 radical (unpaired) electrons. The Labute approximate surface area is 127 Å². The first-order valence-corrected chi connectivity index (χ1v) is 7.29. The molecule has 2 aromatic heterocycles. The fraction of sp³-hybridized carbons (Fsp3) is 0.400. The van der Waals surface area contributed by atoms with Gasteiger partial charge in [0.05, 0.1) is 5.69 Å². The minimum atomic E-state index is -0.404. The minimum Gasteiger partial charge on any atom is -0.340 e. The maximum atomic E-state index is 12.4. The summed E-state index contributed by atoms with van der Waals surface area (Å²) in [6, 6.07) is 1.65. The minimum absolute atomic E-state index is 0.0276. The fourth-order valence-corrected chi connectivity index (χ4v) is 2.72. The molecule has 0 unspecified atom stereocenters. The van der Waals surface area contributed by atoms with Crippen LogP contribution in [0.4, 0.5) is 0 Å². The van der Waals surface area contributed by atoms with Gasteiger partial charge in [0.1, 0.15) is 6.54 Å². The molecular formula is C15H17N5O2. The molecule has 1 saturated heterocycles. The van der Waals surface area contributed by atoms with E-state index in [0.717, 1.165) is 18.5 Å². The number of amides is 1. The summed E-state index contributed by atoms with van der Waals surface area (Å²) in [6.07, 6.45) is 10.00. The lowest BCUT2D eigenvalue weighted by atomic mass is 9.95. The molecule has 3 rings (SSSR count). The molecule has 1 amide bonds. The van der Waals surface area contributed by atoms with Crippen LogP contribution in [0, 0.1) is 0 Å². The number of likely N-dealkylation sites (tertiary alicyclic amines) is 1. The van der Waals surface area contributed by atoms with Gasteiger partial charge < -0.3 is 4.90 Å². The van der Waals surface area contributed by atoms with Crippen molar-refractivity contribution in [2.75, 3.05) is 13.1 Å². The summed E-state index contributed by atoms with van der Waals surface area (Å²) >= 11 is 0. The van der Waals surface area contributed by atoms with Crippen LogP contribution in [0.25, 0.3) is 0 Å². The third kappa shape index (κ3) is 3.19. The Bertz CT molecular complexity index is 700. The SMILES string of the molecule is O=C(Cn1cccnc1=O)N1CCC[C@H](c2cnccn2)C1. The number of hydrogen-bond donors (Lipinski definition) is 0. The van der Waals surface area contributed by atoms with Crippen molar-refractivity contribution in [1.82, 2.24) is 24.4 Å². The van der Waals surface area contributed by atoms with E-state index in [1.165, 1.54) is 10.8 Å². The zero-order valence-electron chi connectivity index (χ0n) is 12.1. The summed E-state index contributed by atoms with van der Waals surface area (Å²) in [5.41, 5.74) is 0.511. The van der Waals surface area contributed by atoms with E-state index in [9.17, 15) is 9.59 Å². The van der Waals surface area contributed by atoms with E-state index in [1.54, 1.807) is 35.8 Å². The fourth-order valence-electron chi connectivity index (χ4n) is 2.72. The second-order valence-corrected chi connectivity index (χ2v) is 5.34. The Balaban J connectivity index is 1.68. The predicted molar refractivity (Wildman–Crippen MR) is 79.1 cm³/mol. The molecule has 7 heteroatoms. The summed E-state index contributed by atoms with van der Waals surface area (Å²) in [5, 5.41) is 0. The molecule has 114 valence electrons.